The number of anilines is 1. The molecule has 0 aliphatic carbocycles. The van der Waals surface area contributed by atoms with Gasteiger partial charge in [0.2, 0.25) is 11.8 Å². The van der Waals surface area contributed by atoms with Crippen LogP contribution in [0.15, 0.2) is 12.3 Å². The van der Waals surface area contributed by atoms with Crippen LogP contribution in [0.2, 0.25) is 0 Å². The van der Waals surface area contributed by atoms with E-state index in [-0.39, 0.29) is 0 Å². The van der Waals surface area contributed by atoms with Crippen molar-refractivity contribution in [3.63, 3.8) is 0 Å². The highest BCUT2D eigenvalue weighted by molar-refractivity contribution is 5.32. The van der Waals surface area contributed by atoms with Gasteiger partial charge in [0.1, 0.15) is 0 Å². The van der Waals surface area contributed by atoms with E-state index in [1.807, 2.05) is 6.92 Å². The zero-order valence-corrected chi connectivity index (χ0v) is 13.2. The molecule has 1 atom stereocenters. The van der Waals surface area contributed by atoms with Gasteiger partial charge in [0.05, 0.1) is 6.61 Å². The van der Waals surface area contributed by atoms with Crippen molar-refractivity contribution >= 4 is 5.95 Å². The smallest absolute Gasteiger partial charge is 0.228 e. The maximum atomic E-state index is 5.72. The van der Waals surface area contributed by atoms with E-state index in [0.717, 1.165) is 51.6 Å². The van der Waals surface area contributed by atoms with Crippen LogP contribution in [-0.2, 0) is 0 Å². The van der Waals surface area contributed by atoms with Crippen molar-refractivity contribution in [1.82, 2.24) is 14.9 Å². The Morgan fingerprint density at radius 3 is 2.95 bits per heavy atom. The van der Waals surface area contributed by atoms with Crippen molar-refractivity contribution in [1.29, 1.82) is 0 Å². The molecule has 1 aromatic rings. The Morgan fingerprint density at radius 2 is 2.19 bits per heavy atom. The lowest BCUT2D eigenvalue weighted by Gasteiger charge is -2.24. The van der Waals surface area contributed by atoms with E-state index in [9.17, 15) is 0 Å². The zero-order valence-electron chi connectivity index (χ0n) is 13.2. The van der Waals surface area contributed by atoms with Crippen LogP contribution in [0, 0.1) is 5.92 Å². The fourth-order valence-electron chi connectivity index (χ4n) is 2.58. The molecule has 6 nitrogen and oxygen atoms in total. The van der Waals surface area contributed by atoms with Crippen molar-refractivity contribution in [3.8, 4) is 5.88 Å². The van der Waals surface area contributed by atoms with Gasteiger partial charge in [-0.3, -0.25) is 0 Å². The first-order valence-corrected chi connectivity index (χ1v) is 7.86. The Hall–Kier alpha value is -1.40. The average Bonchev–Trinajstić information content (AvgIpc) is 2.73. The second-order valence-electron chi connectivity index (χ2n) is 5.61. The van der Waals surface area contributed by atoms with Gasteiger partial charge < -0.3 is 20.3 Å². The highest BCUT2D eigenvalue weighted by Gasteiger charge is 2.18. The van der Waals surface area contributed by atoms with E-state index in [2.05, 4.69) is 26.7 Å². The van der Waals surface area contributed by atoms with E-state index in [1.54, 1.807) is 12.3 Å². The highest BCUT2D eigenvalue weighted by Crippen LogP contribution is 2.15. The fourth-order valence-corrected chi connectivity index (χ4v) is 2.58. The third-order valence-electron chi connectivity index (χ3n) is 3.75. The van der Waals surface area contributed by atoms with Crippen LogP contribution in [0.25, 0.3) is 0 Å². The van der Waals surface area contributed by atoms with E-state index in [1.165, 1.54) is 0 Å². The minimum absolute atomic E-state index is 0.550. The minimum atomic E-state index is 0.550. The SMILES string of the molecule is CCOc1ccnc(N2CCCN(CC(C)CN)CC2)n1. The Labute approximate surface area is 127 Å². The molecule has 1 fully saturated rings. The maximum Gasteiger partial charge on any atom is 0.228 e. The third-order valence-corrected chi connectivity index (χ3v) is 3.75. The van der Waals surface area contributed by atoms with Gasteiger partial charge in [-0.2, -0.15) is 4.98 Å². The molecular weight excluding hydrogens is 266 g/mol. The first kappa shape index (κ1) is 16.0. The zero-order chi connectivity index (χ0) is 15.1. The highest BCUT2D eigenvalue weighted by atomic mass is 16.5. The number of rotatable bonds is 6. The molecule has 0 amide bonds. The van der Waals surface area contributed by atoms with Crippen LogP contribution in [0.5, 0.6) is 5.88 Å². The van der Waals surface area contributed by atoms with Crippen LogP contribution in [-0.4, -0.2) is 60.7 Å². The van der Waals surface area contributed by atoms with Crippen LogP contribution in [0.3, 0.4) is 0 Å². The van der Waals surface area contributed by atoms with Gasteiger partial charge in [0.15, 0.2) is 0 Å². The molecule has 1 aliphatic rings. The quantitative estimate of drug-likeness (QED) is 0.843. The molecule has 0 saturated carbocycles. The number of ether oxygens (including phenoxy) is 1. The summed E-state index contributed by atoms with van der Waals surface area (Å²) in [5, 5.41) is 0. The Bertz CT molecular complexity index is 428. The molecule has 1 aromatic heterocycles. The van der Waals surface area contributed by atoms with Gasteiger partial charge >= 0.3 is 0 Å². The number of hydrogen-bond donors (Lipinski definition) is 1. The van der Waals surface area contributed by atoms with Gasteiger partial charge in [-0.25, -0.2) is 4.98 Å². The van der Waals surface area contributed by atoms with Crippen LogP contribution >= 0.6 is 0 Å². The van der Waals surface area contributed by atoms with Crippen molar-refractivity contribution in [2.45, 2.75) is 20.3 Å². The average molecular weight is 293 g/mol. The monoisotopic (exact) mass is 293 g/mol. The third kappa shape index (κ3) is 4.82. The molecule has 2 heterocycles. The summed E-state index contributed by atoms with van der Waals surface area (Å²) in [6.07, 6.45) is 2.89. The summed E-state index contributed by atoms with van der Waals surface area (Å²) in [6, 6.07) is 1.81. The molecule has 2 rings (SSSR count). The summed E-state index contributed by atoms with van der Waals surface area (Å²) < 4.78 is 5.45. The van der Waals surface area contributed by atoms with Crippen molar-refractivity contribution < 1.29 is 4.74 Å². The van der Waals surface area contributed by atoms with Crippen molar-refractivity contribution in [3.05, 3.63) is 12.3 Å². The van der Waals surface area contributed by atoms with E-state index >= 15 is 0 Å². The van der Waals surface area contributed by atoms with E-state index in [4.69, 9.17) is 10.5 Å². The van der Waals surface area contributed by atoms with Gasteiger partial charge in [0.25, 0.3) is 0 Å². The van der Waals surface area contributed by atoms with Crippen molar-refractivity contribution in [2.24, 2.45) is 11.7 Å². The normalized spacial score (nSPS) is 18.3. The van der Waals surface area contributed by atoms with Gasteiger partial charge in [-0.1, -0.05) is 6.92 Å². The predicted molar refractivity (Wildman–Crippen MR) is 84.7 cm³/mol. The minimum Gasteiger partial charge on any atom is -0.478 e. The molecular formula is C15H27N5O. The van der Waals surface area contributed by atoms with Crippen LogP contribution in [0.1, 0.15) is 20.3 Å². The molecule has 1 saturated heterocycles. The molecule has 118 valence electrons. The van der Waals surface area contributed by atoms with Gasteiger partial charge in [0, 0.05) is 38.4 Å². The molecule has 6 heteroatoms. The molecule has 1 aliphatic heterocycles. The molecule has 0 aromatic carbocycles. The van der Waals surface area contributed by atoms with E-state index in [0.29, 0.717) is 18.4 Å². The first-order valence-electron chi connectivity index (χ1n) is 7.86. The number of aromatic nitrogens is 2. The summed E-state index contributed by atoms with van der Waals surface area (Å²) in [4.78, 5) is 13.6. The second-order valence-corrected chi connectivity index (χ2v) is 5.61. The first-order chi connectivity index (χ1) is 10.2. The fraction of sp³-hybridized carbons (Fsp3) is 0.733. The van der Waals surface area contributed by atoms with Crippen LogP contribution in [0.4, 0.5) is 5.95 Å². The van der Waals surface area contributed by atoms with Crippen molar-refractivity contribution in [2.75, 3.05) is 50.8 Å². The van der Waals surface area contributed by atoms with Gasteiger partial charge in [-0.05, 0) is 32.4 Å². The number of nitrogens with two attached hydrogens (primary N) is 1. The number of hydrogen-bond acceptors (Lipinski definition) is 6. The summed E-state index contributed by atoms with van der Waals surface area (Å²) in [7, 11) is 0. The molecule has 2 N–H and O–H groups in total. The van der Waals surface area contributed by atoms with Gasteiger partial charge in [-0.15, -0.1) is 0 Å². The summed E-state index contributed by atoms with van der Waals surface area (Å²) in [5.74, 6) is 1.98. The lowest BCUT2D eigenvalue weighted by Crippen LogP contribution is -2.35. The Morgan fingerprint density at radius 1 is 1.33 bits per heavy atom. The lowest BCUT2D eigenvalue weighted by atomic mass is 10.1. The molecule has 0 radical (unpaired) electrons. The molecule has 1 unspecified atom stereocenters. The topological polar surface area (TPSA) is 67.5 Å². The standard InChI is InChI=1S/C15H27N5O/c1-3-21-14-5-6-17-15(18-14)20-8-4-7-19(9-10-20)12-13(2)11-16/h5-6,13H,3-4,7-12,16H2,1-2H3. The Kier molecular flexibility index (Phi) is 6.20. The molecule has 21 heavy (non-hydrogen) atoms. The largest absolute Gasteiger partial charge is 0.478 e. The summed E-state index contributed by atoms with van der Waals surface area (Å²) >= 11 is 0. The summed E-state index contributed by atoms with van der Waals surface area (Å²) in [6.45, 7) is 10.7. The predicted octanol–water partition coefficient (Wildman–Crippen LogP) is 0.982. The van der Waals surface area contributed by atoms with Crippen LogP contribution < -0.4 is 15.4 Å². The Balaban J connectivity index is 1.94. The summed E-state index contributed by atoms with van der Waals surface area (Å²) in [5.41, 5.74) is 5.72. The second kappa shape index (κ2) is 8.14. The molecule has 0 bridgehead atoms. The molecule has 0 spiro atoms. The number of nitrogens with zero attached hydrogens (tertiary/aromatic N) is 4. The lowest BCUT2D eigenvalue weighted by molar-refractivity contribution is 0.255. The maximum absolute atomic E-state index is 5.72. The van der Waals surface area contributed by atoms with E-state index < -0.39 is 0 Å².